The van der Waals surface area contributed by atoms with Crippen molar-refractivity contribution in [2.75, 3.05) is 6.61 Å². The van der Waals surface area contributed by atoms with Gasteiger partial charge in [0.2, 0.25) is 5.90 Å². The fourth-order valence-electron chi connectivity index (χ4n) is 0.629. The van der Waals surface area contributed by atoms with E-state index in [1.807, 2.05) is 19.1 Å². The third-order valence-corrected chi connectivity index (χ3v) is 1.31. The maximum Gasteiger partial charge on any atom is 0.205 e. The van der Waals surface area contributed by atoms with Gasteiger partial charge in [-0.1, -0.05) is 31.6 Å². The Balaban J connectivity index is 3.45. The van der Waals surface area contributed by atoms with Gasteiger partial charge in [0.1, 0.15) is 0 Å². The van der Waals surface area contributed by atoms with E-state index >= 15 is 0 Å². The predicted molar refractivity (Wildman–Crippen MR) is 52.5 cm³/mol. The quantitative estimate of drug-likeness (QED) is 0.290. The minimum Gasteiger partial charge on any atom is -0.478 e. The molecule has 2 heteroatoms. The molecule has 0 unspecified atom stereocenters. The molecule has 12 heavy (non-hydrogen) atoms. The zero-order valence-corrected chi connectivity index (χ0v) is 7.84. The maximum atomic E-state index is 7.30. The van der Waals surface area contributed by atoms with Crippen LogP contribution in [0.3, 0.4) is 0 Å². The Morgan fingerprint density at radius 2 is 2.17 bits per heavy atom. The summed E-state index contributed by atoms with van der Waals surface area (Å²) in [5, 5.41) is 7.30. The van der Waals surface area contributed by atoms with E-state index in [4.69, 9.17) is 10.1 Å². The minimum absolute atomic E-state index is 0.238. The first-order chi connectivity index (χ1) is 5.81. The minimum atomic E-state index is 0.238. The lowest BCUT2D eigenvalue weighted by Crippen LogP contribution is -2.00. The van der Waals surface area contributed by atoms with Gasteiger partial charge >= 0.3 is 0 Å². The number of rotatable bonds is 5. The van der Waals surface area contributed by atoms with E-state index in [0.717, 1.165) is 12.8 Å². The SMILES string of the molecule is C/C=C\C=C/C(=N)OCCCC. The number of hydrogen-bond donors (Lipinski definition) is 1. The summed E-state index contributed by atoms with van der Waals surface area (Å²) < 4.78 is 5.09. The van der Waals surface area contributed by atoms with Gasteiger partial charge in [-0.2, -0.15) is 0 Å². The monoisotopic (exact) mass is 167 g/mol. The third-order valence-electron chi connectivity index (χ3n) is 1.31. The molecular weight excluding hydrogens is 150 g/mol. The second-order valence-electron chi connectivity index (χ2n) is 2.45. The van der Waals surface area contributed by atoms with Crippen LogP contribution < -0.4 is 0 Å². The molecule has 1 N–H and O–H groups in total. The van der Waals surface area contributed by atoms with Crippen molar-refractivity contribution >= 4 is 5.90 Å². The highest BCUT2D eigenvalue weighted by Crippen LogP contribution is 1.90. The highest BCUT2D eigenvalue weighted by atomic mass is 16.5. The summed E-state index contributed by atoms with van der Waals surface area (Å²) in [7, 11) is 0. The molecule has 0 bridgehead atoms. The van der Waals surface area contributed by atoms with Crippen LogP contribution >= 0.6 is 0 Å². The number of unbranched alkanes of at least 4 members (excludes halogenated alkanes) is 1. The van der Waals surface area contributed by atoms with Crippen LogP contribution in [-0.4, -0.2) is 12.5 Å². The van der Waals surface area contributed by atoms with E-state index in [9.17, 15) is 0 Å². The zero-order chi connectivity index (χ0) is 9.23. The lowest BCUT2D eigenvalue weighted by molar-refractivity contribution is 0.297. The molecule has 0 heterocycles. The van der Waals surface area contributed by atoms with Crippen LogP contribution in [0.4, 0.5) is 0 Å². The normalized spacial score (nSPS) is 11.2. The Labute approximate surface area is 74.4 Å². The van der Waals surface area contributed by atoms with E-state index in [2.05, 4.69) is 6.92 Å². The van der Waals surface area contributed by atoms with Gasteiger partial charge in [-0.05, 0) is 19.4 Å². The molecule has 2 nitrogen and oxygen atoms in total. The van der Waals surface area contributed by atoms with Crippen LogP contribution in [0.1, 0.15) is 26.7 Å². The van der Waals surface area contributed by atoms with Gasteiger partial charge in [0, 0.05) is 0 Å². The van der Waals surface area contributed by atoms with Crippen molar-refractivity contribution < 1.29 is 4.74 Å². The Morgan fingerprint density at radius 3 is 2.75 bits per heavy atom. The highest BCUT2D eigenvalue weighted by Gasteiger charge is 1.88. The Hall–Kier alpha value is -1.05. The lowest BCUT2D eigenvalue weighted by Gasteiger charge is -2.00. The van der Waals surface area contributed by atoms with E-state index in [0.29, 0.717) is 6.61 Å². The van der Waals surface area contributed by atoms with Crippen LogP contribution in [0.5, 0.6) is 0 Å². The highest BCUT2D eigenvalue weighted by molar-refractivity contribution is 5.84. The summed E-state index contributed by atoms with van der Waals surface area (Å²) >= 11 is 0. The molecule has 0 radical (unpaired) electrons. The van der Waals surface area contributed by atoms with Gasteiger partial charge in [0.25, 0.3) is 0 Å². The standard InChI is InChI=1S/C10H17NO/c1-3-5-7-8-10(11)12-9-6-4-2/h3,5,7-8,11H,4,6,9H2,1-2H3/b5-3-,8-7-,11-10?. The van der Waals surface area contributed by atoms with Gasteiger partial charge in [0.05, 0.1) is 6.61 Å². The topological polar surface area (TPSA) is 33.1 Å². The van der Waals surface area contributed by atoms with Crippen molar-refractivity contribution in [2.24, 2.45) is 0 Å². The van der Waals surface area contributed by atoms with Crippen molar-refractivity contribution in [1.29, 1.82) is 5.41 Å². The van der Waals surface area contributed by atoms with Crippen molar-refractivity contribution in [1.82, 2.24) is 0 Å². The molecule has 0 aromatic rings. The van der Waals surface area contributed by atoms with Crippen LogP contribution in [0.2, 0.25) is 0 Å². The molecule has 0 fully saturated rings. The molecule has 0 aliphatic rings. The summed E-state index contributed by atoms with van der Waals surface area (Å²) in [5.41, 5.74) is 0. The number of allylic oxidation sites excluding steroid dienone is 3. The molecule has 0 aliphatic carbocycles. The van der Waals surface area contributed by atoms with Crippen molar-refractivity contribution in [3.05, 3.63) is 24.3 Å². The molecule has 0 rings (SSSR count). The van der Waals surface area contributed by atoms with Gasteiger partial charge in [-0.3, -0.25) is 5.41 Å². The fourth-order valence-corrected chi connectivity index (χ4v) is 0.629. The maximum absolute atomic E-state index is 7.30. The van der Waals surface area contributed by atoms with Gasteiger partial charge in [0.15, 0.2) is 0 Å². The molecule has 0 atom stereocenters. The van der Waals surface area contributed by atoms with Crippen LogP contribution in [0, 0.1) is 5.41 Å². The van der Waals surface area contributed by atoms with Gasteiger partial charge in [-0.25, -0.2) is 0 Å². The Kier molecular flexibility index (Phi) is 7.35. The van der Waals surface area contributed by atoms with Crippen LogP contribution in [0.15, 0.2) is 24.3 Å². The summed E-state index contributed by atoms with van der Waals surface area (Å²) in [4.78, 5) is 0. The predicted octanol–water partition coefficient (Wildman–Crippen LogP) is 2.91. The Morgan fingerprint density at radius 1 is 1.42 bits per heavy atom. The van der Waals surface area contributed by atoms with E-state index in [1.54, 1.807) is 12.2 Å². The lowest BCUT2D eigenvalue weighted by atomic mass is 10.4. The second kappa shape index (κ2) is 8.05. The van der Waals surface area contributed by atoms with Crippen molar-refractivity contribution in [3.8, 4) is 0 Å². The first-order valence-electron chi connectivity index (χ1n) is 4.32. The molecule has 0 aliphatic heterocycles. The Bertz CT molecular complexity index is 171. The van der Waals surface area contributed by atoms with E-state index in [-0.39, 0.29) is 5.90 Å². The van der Waals surface area contributed by atoms with E-state index < -0.39 is 0 Å². The fraction of sp³-hybridized carbons (Fsp3) is 0.500. The molecule has 0 aromatic carbocycles. The van der Waals surface area contributed by atoms with Gasteiger partial charge in [-0.15, -0.1) is 0 Å². The summed E-state index contributed by atoms with van der Waals surface area (Å²) in [6, 6.07) is 0. The molecule has 0 aromatic heterocycles. The summed E-state index contributed by atoms with van der Waals surface area (Å²) in [6.45, 7) is 4.68. The number of hydrogen-bond acceptors (Lipinski definition) is 2. The van der Waals surface area contributed by atoms with Crippen molar-refractivity contribution in [2.45, 2.75) is 26.7 Å². The molecular formula is C10H17NO. The molecule has 68 valence electrons. The van der Waals surface area contributed by atoms with E-state index in [1.165, 1.54) is 0 Å². The third kappa shape index (κ3) is 7.06. The molecule has 0 saturated carbocycles. The first kappa shape index (κ1) is 11.0. The van der Waals surface area contributed by atoms with Gasteiger partial charge < -0.3 is 4.74 Å². The zero-order valence-electron chi connectivity index (χ0n) is 7.84. The smallest absolute Gasteiger partial charge is 0.205 e. The molecule has 0 spiro atoms. The summed E-state index contributed by atoms with van der Waals surface area (Å²) in [6.07, 6.45) is 9.35. The van der Waals surface area contributed by atoms with Crippen molar-refractivity contribution in [3.63, 3.8) is 0 Å². The van der Waals surface area contributed by atoms with Crippen LogP contribution in [-0.2, 0) is 4.74 Å². The first-order valence-corrected chi connectivity index (χ1v) is 4.32. The largest absolute Gasteiger partial charge is 0.478 e. The average Bonchev–Trinajstić information content (AvgIpc) is 2.06. The van der Waals surface area contributed by atoms with Crippen LogP contribution in [0.25, 0.3) is 0 Å². The molecule has 0 amide bonds. The molecule has 0 saturated heterocycles. The number of nitrogens with one attached hydrogen (secondary N) is 1. The number of ether oxygens (including phenoxy) is 1. The average molecular weight is 167 g/mol. The second-order valence-corrected chi connectivity index (χ2v) is 2.45. The summed E-state index contributed by atoms with van der Waals surface area (Å²) in [5.74, 6) is 0.238.